The lowest BCUT2D eigenvalue weighted by atomic mass is 10.1. The number of aromatic nitrogens is 2. The molecule has 0 saturated heterocycles. The molecule has 0 saturated carbocycles. The molecule has 1 heterocycles. The number of aryl methyl sites for hydroxylation is 2. The molecule has 1 atom stereocenters. The SMILES string of the molecule is CN=C(NCCCCn1ccnc1C)NC(C)c1ccc(F)cc1F.I. The number of imidazole rings is 1. The number of nitrogens with zero attached hydrogens (tertiary/aromatic N) is 3. The van der Waals surface area contributed by atoms with E-state index in [4.69, 9.17) is 0 Å². The van der Waals surface area contributed by atoms with Gasteiger partial charge in [0.15, 0.2) is 5.96 Å². The molecular formula is C18H26F2IN5. The number of unbranched alkanes of at least 4 members (excludes halogenated alkanes) is 1. The Kier molecular flexibility index (Phi) is 9.53. The number of guanidine groups is 1. The molecule has 0 bridgehead atoms. The van der Waals surface area contributed by atoms with Crippen LogP contribution in [0.1, 0.15) is 37.2 Å². The summed E-state index contributed by atoms with van der Waals surface area (Å²) in [6.45, 7) is 5.48. The second-order valence-corrected chi connectivity index (χ2v) is 5.91. The molecule has 1 aromatic carbocycles. The Morgan fingerprint density at radius 2 is 2.08 bits per heavy atom. The van der Waals surface area contributed by atoms with E-state index in [2.05, 4.69) is 25.2 Å². The quantitative estimate of drug-likeness (QED) is 0.276. The van der Waals surface area contributed by atoms with E-state index in [0.717, 1.165) is 37.8 Å². The molecule has 26 heavy (non-hydrogen) atoms. The third-order valence-corrected chi connectivity index (χ3v) is 4.05. The Morgan fingerprint density at radius 1 is 1.31 bits per heavy atom. The first-order chi connectivity index (χ1) is 12.0. The summed E-state index contributed by atoms with van der Waals surface area (Å²) in [5.74, 6) is 0.464. The highest BCUT2D eigenvalue weighted by Crippen LogP contribution is 2.17. The van der Waals surface area contributed by atoms with Gasteiger partial charge in [0.25, 0.3) is 0 Å². The van der Waals surface area contributed by atoms with Crippen LogP contribution < -0.4 is 10.6 Å². The van der Waals surface area contributed by atoms with Crippen molar-refractivity contribution in [3.8, 4) is 0 Å². The molecule has 2 N–H and O–H groups in total. The summed E-state index contributed by atoms with van der Waals surface area (Å²) in [4.78, 5) is 8.34. The van der Waals surface area contributed by atoms with Gasteiger partial charge in [0, 0.05) is 44.2 Å². The van der Waals surface area contributed by atoms with E-state index in [1.165, 1.54) is 12.1 Å². The number of hydrogen-bond donors (Lipinski definition) is 2. The van der Waals surface area contributed by atoms with Crippen molar-refractivity contribution >= 4 is 29.9 Å². The molecule has 0 amide bonds. The summed E-state index contributed by atoms with van der Waals surface area (Å²) in [5, 5.41) is 6.33. The predicted molar refractivity (Wildman–Crippen MR) is 111 cm³/mol. The fourth-order valence-corrected chi connectivity index (χ4v) is 2.58. The van der Waals surface area contributed by atoms with Crippen LogP contribution in [0.5, 0.6) is 0 Å². The summed E-state index contributed by atoms with van der Waals surface area (Å²) in [7, 11) is 1.66. The lowest BCUT2D eigenvalue weighted by molar-refractivity contribution is 0.548. The largest absolute Gasteiger partial charge is 0.356 e. The number of aliphatic imine (C=N–C) groups is 1. The maximum absolute atomic E-state index is 13.8. The molecule has 2 rings (SSSR count). The Bertz CT molecular complexity index is 717. The van der Waals surface area contributed by atoms with Gasteiger partial charge >= 0.3 is 0 Å². The van der Waals surface area contributed by atoms with Crippen molar-refractivity contribution in [1.82, 2.24) is 20.2 Å². The third kappa shape index (κ3) is 6.54. The summed E-state index contributed by atoms with van der Waals surface area (Å²) in [6.07, 6.45) is 5.76. The van der Waals surface area contributed by atoms with Gasteiger partial charge in [-0.25, -0.2) is 13.8 Å². The van der Waals surface area contributed by atoms with Crippen molar-refractivity contribution in [2.45, 2.75) is 39.3 Å². The van der Waals surface area contributed by atoms with E-state index in [0.29, 0.717) is 11.5 Å². The molecule has 1 aromatic heterocycles. The fraction of sp³-hybridized carbons (Fsp3) is 0.444. The average Bonchev–Trinajstić information content (AvgIpc) is 2.98. The van der Waals surface area contributed by atoms with Crippen LogP contribution in [0.25, 0.3) is 0 Å². The molecule has 0 aliphatic heterocycles. The van der Waals surface area contributed by atoms with Gasteiger partial charge in [0.1, 0.15) is 17.5 Å². The first-order valence-electron chi connectivity index (χ1n) is 8.41. The highest BCUT2D eigenvalue weighted by atomic mass is 127. The molecule has 5 nitrogen and oxygen atoms in total. The van der Waals surface area contributed by atoms with Crippen molar-refractivity contribution in [2.24, 2.45) is 4.99 Å². The number of rotatable bonds is 7. The average molecular weight is 477 g/mol. The first kappa shape index (κ1) is 22.3. The van der Waals surface area contributed by atoms with Crippen LogP contribution >= 0.6 is 24.0 Å². The van der Waals surface area contributed by atoms with Gasteiger partial charge in [-0.15, -0.1) is 24.0 Å². The maximum atomic E-state index is 13.8. The van der Waals surface area contributed by atoms with Crippen molar-refractivity contribution in [2.75, 3.05) is 13.6 Å². The maximum Gasteiger partial charge on any atom is 0.191 e. The molecule has 8 heteroatoms. The summed E-state index contributed by atoms with van der Waals surface area (Å²) < 4.78 is 28.9. The van der Waals surface area contributed by atoms with Crippen molar-refractivity contribution < 1.29 is 8.78 Å². The standard InChI is InChI=1S/C18H25F2N5.HI/c1-13(16-7-6-15(19)12-17(16)20)24-18(21-3)23-8-4-5-10-25-11-9-22-14(25)2;/h6-7,9,11-13H,4-5,8,10H2,1-3H3,(H2,21,23,24);1H. The van der Waals surface area contributed by atoms with E-state index in [-0.39, 0.29) is 30.0 Å². The van der Waals surface area contributed by atoms with Crippen LogP contribution in [0.4, 0.5) is 8.78 Å². The van der Waals surface area contributed by atoms with Gasteiger partial charge in [-0.05, 0) is 32.8 Å². The van der Waals surface area contributed by atoms with Gasteiger partial charge in [0.2, 0.25) is 0 Å². The summed E-state index contributed by atoms with van der Waals surface area (Å²) in [6, 6.07) is 3.27. The van der Waals surface area contributed by atoms with Crippen LogP contribution in [0.2, 0.25) is 0 Å². The molecule has 2 aromatic rings. The van der Waals surface area contributed by atoms with Crippen molar-refractivity contribution in [3.63, 3.8) is 0 Å². The van der Waals surface area contributed by atoms with Crippen LogP contribution in [0.15, 0.2) is 35.6 Å². The Morgan fingerprint density at radius 3 is 2.69 bits per heavy atom. The molecule has 0 fully saturated rings. The lowest BCUT2D eigenvalue weighted by Gasteiger charge is -2.19. The van der Waals surface area contributed by atoms with Crippen LogP contribution in [-0.4, -0.2) is 29.1 Å². The molecule has 0 spiro atoms. The van der Waals surface area contributed by atoms with E-state index >= 15 is 0 Å². The molecule has 1 unspecified atom stereocenters. The Balaban J connectivity index is 0.00000338. The zero-order valence-corrected chi connectivity index (χ0v) is 17.6. The number of hydrogen-bond acceptors (Lipinski definition) is 2. The van der Waals surface area contributed by atoms with Crippen LogP contribution in [0, 0.1) is 18.6 Å². The minimum absolute atomic E-state index is 0. The monoisotopic (exact) mass is 477 g/mol. The van der Waals surface area contributed by atoms with E-state index in [9.17, 15) is 8.78 Å². The summed E-state index contributed by atoms with van der Waals surface area (Å²) in [5.41, 5.74) is 0.403. The normalized spacial score (nSPS) is 12.4. The number of halogens is 3. The van der Waals surface area contributed by atoms with Crippen LogP contribution in [-0.2, 0) is 6.54 Å². The summed E-state index contributed by atoms with van der Waals surface area (Å²) >= 11 is 0. The molecule has 0 radical (unpaired) electrons. The second kappa shape index (κ2) is 11.1. The number of benzene rings is 1. The molecule has 0 aliphatic carbocycles. The van der Waals surface area contributed by atoms with E-state index < -0.39 is 11.6 Å². The third-order valence-electron chi connectivity index (χ3n) is 4.05. The highest BCUT2D eigenvalue weighted by Gasteiger charge is 2.13. The molecule has 144 valence electrons. The Labute approximate surface area is 170 Å². The minimum Gasteiger partial charge on any atom is -0.356 e. The second-order valence-electron chi connectivity index (χ2n) is 5.91. The number of nitrogens with one attached hydrogen (secondary N) is 2. The molecular weight excluding hydrogens is 451 g/mol. The minimum atomic E-state index is -0.580. The lowest BCUT2D eigenvalue weighted by Crippen LogP contribution is -2.39. The van der Waals surface area contributed by atoms with Crippen molar-refractivity contribution in [3.05, 3.63) is 53.6 Å². The highest BCUT2D eigenvalue weighted by molar-refractivity contribution is 14.0. The van der Waals surface area contributed by atoms with Crippen LogP contribution in [0.3, 0.4) is 0 Å². The van der Waals surface area contributed by atoms with E-state index in [1.807, 2.05) is 20.0 Å². The molecule has 0 aliphatic rings. The Hall–Kier alpha value is -1.71. The first-order valence-corrected chi connectivity index (χ1v) is 8.41. The van der Waals surface area contributed by atoms with Gasteiger partial charge in [0.05, 0.1) is 6.04 Å². The smallest absolute Gasteiger partial charge is 0.191 e. The van der Waals surface area contributed by atoms with Gasteiger partial charge in [-0.1, -0.05) is 6.07 Å². The fourth-order valence-electron chi connectivity index (χ4n) is 2.58. The van der Waals surface area contributed by atoms with Crippen molar-refractivity contribution in [1.29, 1.82) is 0 Å². The zero-order valence-electron chi connectivity index (χ0n) is 15.3. The topological polar surface area (TPSA) is 54.2 Å². The predicted octanol–water partition coefficient (Wildman–Crippen LogP) is 3.79. The van der Waals surface area contributed by atoms with Gasteiger partial charge in [-0.2, -0.15) is 0 Å². The van der Waals surface area contributed by atoms with Gasteiger partial charge < -0.3 is 15.2 Å². The van der Waals surface area contributed by atoms with Gasteiger partial charge in [-0.3, -0.25) is 4.99 Å². The zero-order chi connectivity index (χ0) is 18.2. The van der Waals surface area contributed by atoms with E-state index in [1.54, 1.807) is 13.2 Å².